The number of hydrogen-bond donors (Lipinski definition) is 0. The van der Waals surface area contributed by atoms with Crippen LogP contribution in [0.3, 0.4) is 0 Å². The average Bonchev–Trinajstić information content (AvgIpc) is 3.14. The van der Waals surface area contributed by atoms with Gasteiger partial charge < -0.3 is 9.32 Å². The van der Waals surface area contributed by atoms with Crippen LogP contribution in [0.4, 0.5) is 0 Å². The first-order chi connectivity index (χ1) is 8.84. The highest BCUT2D eigenvalue weighted by atomic mass is 16.3. The van der Waals surface area contributed by atoms with Crippen molar-refractivity contribution in [3.05, 3.63) is 24.2 Å². The van der Waals surface area contributed by atoms with E-state index in [4.69, 9.17) is 4.42 Å². The molecule has 2 aliphatic rings. The van der Waals surface area contributed by atoms with E-state index in [1.807, 2.05) is 12.1 Å². The first-order valence-corrected chi connectivity index (χ1v) is 7.17. The summed E-state index contributed by atoms with van der Waals surface area (Å²) in [6.45, 7) is 0.660. The number of carbonyl (C=O) groups is 1. The molecule has 0 aliphatic heterocycles. The number of rotatable bonds is 4. The van der Waals surface area contributed by atoms with Crippen molar-refractivity contribution >= 4 is 5.91 Å². The smallest absolute Gasteiger partial charge is 0.226 e. The molecule has 1 aromatic rings. The topological polar surface area (TPSA) is 33.5 Å². The molecule has 18 heavy (non-hydrogen) atoms. The highest BCUT2D eigenvalue weighted by Gasteiger charge is 2.36. The quantitative estimate of drug-likeness (QED) is 0.817. The molecule has 1 heterocycles. The van der Waals surface area contributed by atoms with Gasteiger partial charge in [-0.1, -0.05) is 19.3 Å². The minimum atomic E-state index is 0.307. The van der Waals surface area contributed by atoms with Crippen molar-refractivity contribution in [1.82, 2.24) is 4.90 Å². The van der Waals surface area contributed by atoms with Crippen LogP contribution in [0.2, 0.25) is 0 Å². The lowest BCUT2D eigenvalue weighted by atomic mass is 9.93. The first kappa shape index (κ1) is 11.8. The van der Waals surface area contributed by atoms with E-state index in [0.29, 0.717) is 24.4 Å². The Kier molecular flexibility index (Phi) is 3.39. The minimum absolute atomic E-state index is 0.307. The number of nitrogens with zero attached hydrogens (tertiary/aromatic N) is 1. The maximum atomic E-state index is 12.4. The predicted octanol–water partition coefficient (Wildman–Crippen LogP) is 3.35. The Balaban J connectivity index is 1.71. The highest BCUT2D eigenvalue weighted by Crippen LogP contribution is 2.34. The van der Waals surface area contributed by atoms with Gasteiger partial charge in [-0.25, -0.2) is 0 Å². The SMILES string of the molecule is O=C(C1CC1)N(Cc1ccco1)C1CCCCC1. The molecule has 0 bridgehead atoms. The Morgan fingerprint density at radius 1 is 1.22 bits per heavy atom. The third-order valence-electron chi connectivity index (χ3n) is 4.13. The summed E-state index contributed by atoms with van der Waals surface area (Å²) in [7, 11) is 0. The summed E-state index contributed by atoms with van der Waals surface area (Å²) < 4.78 is 5.41. The van der Waals surface area contributed by atoms with Crippen molar-refractivity contribution in [3.63, 3.8) is 0 Å². The first-order valence-electron chi connectivity index (χ1n) is 7.17. The second-order valence-corrected chi connectivity index (χ2v) is 5.61. The Labute approximate surface area is 108 Å². The van der Waals surface area contributed by atoms with Crippen LogP contribution in [0.5, 0.6) is 0 Å². The van der Waals surface area contributed by atoms with Gasteiger partial charge in [-0.05, 0) is 37.8 Å². The number of hydrogen-bond acceptors (Lipinski definition) is 2. The van der Waals surface area contributed by atoms with Crippen LogP contribution in [0.25, 0.3) is 0 Å². The van der Waals surface area contributed by atoms with E-state index >= 15 is 0 Å². The third kappa shape index (κ3) is 2.60. The Bertz CT molecular complexity index is 389. The molecule has 3 nitrogen and oxygen atoms in total. The molecule has 2 fully saturated rings. The van der Waals surface area contributed by atoms with Gasteiger partial charge in [-0.2, -0.15) is 0 Å². The van der Waals surface area contributed by atoms with Crippen molar-refractivity contribution < 1.29 is 9.21 Å². The summed E-state index contributed by atoms with van der Waals surface area (Å²) in [6.07, 6.45) is 10.0. The van der Waals surface area contributed by atoms with Crippen LogP contribution in [-0.2, 0) is 11.3 Å². The summed E-state index contributed by atoms with van der Waals surface area (Å²) in [4.78, 5) is 14.5. The van der Waals surface area contributed by atoms with Crippen LogP contribution in [0, 0.1) is 5.92 Å². The molecular formula is C15H21NO2. The minimum Gasteiger partial charge on any atom is -0.467 e. The zero-order valence-corrected chi connectivity index (χ0v) is 10.8. The predicted molar refractivity (Wildman–Crippen MR) is 68.9 cm³/mol. The molecule has 0 atom stereocenters. The standard InChI is InChI=1S/C15H21NO2/c17-15(12-8-9-12)16(11-14-7-4-10-18-14)13-5-2-1-3-6-13/h4,7,10,12-13H,1-3,5-6,8-9,11H2. The zero-order valence-electron chi connectivity index (χ0n) is 10.8. The third-order valence-corrected chi connectivity index (χ3v) is 4.13. The monoisotopic (exact) mass is 247 g/mol. The fourth-order valence-corrected chi connectivity index (χ4v) is 2.91. The molecule has 0 aromatic carbocycles. The normalized spacial score (nSPS) is 20.9. The van der Waals surface area contributed by atoms with Gasteiger partial charge in [0.05, 0.1) is 12.8 Å². The van der Waals surface area contributed by atoms with Gasteiger partial charge in [-0.15, -0.1) is 0 Å². The van der Waals surface area contributed by atoms with Crippen LogP contribution >= 0.6 is 0 Å². The van der Waals surface area contributed by atoms with Gasteiger partial charge in [0, 0.05) is 12.0 Å². The molecule has 98 valence electrons. The van der Waals surface area contributed by atoms with Crippen molar-refractivity contribution in [1.29, 1.82) is 0 Å². The van der Waals surface area contributed by atoms with E-state index in [0.717, 1.165) is 18.6 Å². The second kappa shape index (κ2) is 5.17. The van der Waals surface area contributed by atoms with Crippen molar-refractivity contribution in [2.45, 2.75) is 57.5 Å². The molecule has 0 saturated heterocycles. The van der Waals surface area contributed by atoms with Crippen molar-refractivity contribution in [2.24, 2.45) is 5.92 Å². The Morgan fingerprint density at radius 2 is 2.00 bits per heavy atom. The van der Waals surface area contributed by atoms with Crippen LogP contribution in [0.1, 0.15) is 50.7 Å². The molecule has 0 unspecified atom stereocenters. The Hall–Kier alpha value is -1.25. The molecule has 0 spiro atoms. The average molecular weight is 247 g/mol. The second-order valence-electron chi connectivity index (χ2n) is 5.61. The molecule has 1 aromatic heterocycles. The number of amides is 1. The van der Waals surface area contributed by atoms with Gasteiger partial charge in [0.15, 0.2) is 0 Å². The summed E-state index contributed by atoms with van der Waals surface area (Å²) in [5.74, 6) is 1.58. The summed E-state index contributed by atoms with van der Waals surface area (Å²) in [6, 6.07) is 4.31. The fraction of sp³-hybridized carbons (Fsp3) is 0.667. The zero-order chi connectivity index (χ0) is 12.4. The van der Waals surface area contributed by atoms with Gasteiger partial charge in [0.25, 0.3) is 0 Å². The molecule has 0 N–H and O–H groups in total. The van der Waals surface area contributed by atoms with Crippen LogP contribution < -0.4 is 0 Å². The van der Waals surface area contributed by atoms with E-state index in [-0.39, 0.29) is 0 Å². The maximum absolute atomic E-state index is 12.4. The summed E-state index contributed by atoms with van der Waals surface area (Å²) in [5.41, 5.74) is 0. The molecular weight excluding hydrogens is 226 g/mol. The fourth-order valence-electron chi connectivity index (χ4n) is 2.91. The van der Waals surface area contributed by atoms with Crippen molar-refractivity contribution in [2.75, 3.05) is 0 Å². The lowest BCUT2D eigenvalue weighted by molar-refractivity contribution is -0.136. The van der Waals surface area contributed by atoms with E-state index in [1.165, 1.54) is 32.1 Å². The van der Waals surface area contributed by atoms with Crippen LogP contribution in [-0.4, -0.2) is 16.8 Å². The summed E-state index contributed by atoms with van der Waals surface area (Å²) in [5, 5.41) is 0. The summed E-state index contributed by atoms with van der Waals surface area (Å²) >= 11 is 0. The van der Waals surface area contributed by atoms with Gasteiger partial charge in [0.1, 0.15) is 5.76 Å². The molecule has 3 rings (SSSR count). The number of furan rings is 1. The van der Waals surface area contributed by atoms with Crippen molar-refractivity contribution in [3.8, 4) is 0 Å². The molecule has 2 aliphatic carbocycles. The van der Waals surface area contributed by atoms with Gasteiger partial charge >= 0.3 is 0 Å². The molecule has 3 heteroatoms. The largest absolute Gasteiger partial charge is 0.467 e. The maximum Gasteiger partial charge on any atom is 0.226 e. The Morgan fingerprint density at radius 3 is 2.61 bits per heavy atom. The van der Waals surface area contributed by atoms with E-state index in [9.17, 15) is 4.79 Å². The molecule has 2 saturated carbocycles. The lowest BCUT2D eigenvalue weighted by Crippen LogP contribution is -2.41. The lowest BCUT2D eigenvalue weighted by Gasteiger charge is -2.34. The molecule has 1 amide bonds. The van der Waals surface area contributed by atoms with Crippen LogP contribution in [0.15, 0.2) is 22.8 Å². The van der Waals surface area contributed by atoms with E-state index in [2.05, 4.69) is 4.90 Å². The highest BCUT2D eigenvalue weighted by molar-refractivity contribution is 5.81. The van der Waals surface area contributed by atoms with Gasteiger partial charge in [0.2, 0.25) is 5.91 Å². The number of carbonyl (C=O) groups excluding carboxylic acids is 1. The van der Waals surface area contributed by atoms with E-state index in [1.54, 1.807) is 6.26 Å². The van der Waals surface area contributed by atoms with Gasteiger partial charge in [-0.3, -0.25) is 4.79 Å². The van der Waals surface area contributed by atoms with E-state index < -0.39 is 0 Å². The molecule has 0 radical (unpaired) electrons.